The largest absolute Gasteiger partial charge is 0.496 e. The molecule has 156 valence electrons. The Morgan fingerprint density at radius 2 is 1.94 bits per heavy atom. The molecule has 0 bridgehead atoms. The van der Waals surface area contributed by atoms with E-state index in [1.165, 1.54) is 6.08 Å². The van der Waals surface area contributed by atoms with Crippen molar-refractivity contribution in [3.63, 3.8) is 0 Å². The van der Waals surface area contributed by atoms with Gasteiger partial charge in [-0.15, -0.1) is 0 Å². The highest BCUT2D eigenvalue weighted by molar-refractivity contribution is 9.10. The van der Waals surface area contributed by atoms with Crippen molar-refractivity contribution in [2.75, 3.05) is 12.4 Å². The summed E-state index contributed by atoms with van der Waals surface area (Å²) in [4.78, 5) is 12.6. The van der Waals surface area contributed by atoms with Crippen molar-refractivity contribution in [1.29, 1.82) is 0 Å². The van der Waals surface area contributed by atoms with E-state index in [0.717, 1.165) is 32.1 Å². The van der Waals surface area contributed by atoms with Crippen molar-refractivity contribution in [2.24, 2.45) is 0 Å². The van der Waals surface area contributed by atoms with Gasteiger partial charge in [-0.05, 0) is 48.4 Å². The second-order valence-corrected chi connectivity index (χ2v) is 8.33. The minimum absolute atomic E-state index is 0.271. The number of benzene rings is 3. The van der Waals surface area contributed by atoms with E-state index in [1.54, 1.807) is 25.5 Å². The maximum absolute atomic E-state index is 12.6. The molecule has 4 aromatic rings. The van der Waals surface area contributed by atoms with Crippen LogP contribution in [0.1, 0.15) is 12.5 Å². The first-order valence-electron chi connectivity index (χ1n) is 9.55. The second kappa shape index (κ2) is 9.00. The Hall–Kier alpha value is -3.02. The highest BCUT2D eigenvalue weighted by Gasteiger charge is 2.15. The number of furan rings is 1. The molecule has 0 atom stereocenters. The molecule has 1 N–H and O–H groups in total. The maximum Gasteiger partial charge on any atom is 0.248 e. The number of amides is 1. The summed E-state index contributed by atoms with van der Waals surface area (Å²) in [6.07, 6.45) is 3.27. The number of hydrogen-bond donors (Lipinski definition) is 1. The summed E-state index contributed by atoms with van der Waals surface area (Å²) in [5.41, 5.74) is 4.83. The lowest BCUT2D eigenvalue weighted by Crippen LogP contribution is -2.09. The van der Waals surface area contributed by atoms with Gasteiger partial charge in [-0.2, -0.15) is 0 Å². The molecule has 1 amide bonds. The number of carbonyl (C=O) groups excluding carboxylic acids is 1. The molecule has 0 unspecified atom stereocenters. The minimum Gasteiger partial charge on any atom is -0.496 e. The molecule has 0 saturated carbocycles. The predicted octanol–water partition coefficient (Wildman–Crippen LogP) is 7.57. The molecule has 3 aromatic carbocycles. The van der Waals surface area contributed by atoms with Crippen molar-refractivity contribution in [3.05, 3.63) is 88.1 Å². The molecule has 0 aliphatic rings. The lowest BCUT2D eigenvalue weighted by Gasteiger charge is -2.10. The fourth-order valence-electron chi connectivity index (χ4n) is 3.42. The maximum atomic E-state index is 12.6. The van der Waals surface area contributed by atoms with Gasteiger partial charge in [0.1, 0.15) is 11.3 Å². The van der Waals surface area contributed by atoms with Crippen LogP contribution in [0.15, 0.2) is 81.9 Å². The molecule has 0 spiro atoms. The molecule has 6 heteroatoms. The molecule has 0 fully saturated rings. The number of ether oxygens (including phenoxy) is 1. The van der Waals surface area contributed by atoms with Gasteiger partial charge in [-0.1, -0.05) is 51.8 Å². The van der Waals surface area contributed by atoms with Gasteiger partial charge >= 0.3 is 0 Å². The van der Waals surface area contributed by atoms with Crippen LogP contribution in [0.4, 0.5) is 5.69 Å². The van der Waals surface area contributed by atoms with Crippen molar-refractivity contribution in [1.82, 2.24) is 0 Å². The Morgan fingerprint density at radius 1 is 1.13 bits per heavy atom. The number of allylic oxidation sites excluding steroid dienone is 1. The Morgan fingerprint density at radius 3 is 2.68 bits per heavy atom. The van der Waals surface area contributed by atoms with Gasteiger partial charge in [0.15, 0.2) is 0 Å². The number of carbonyl (C=O) groups is 1. The highest BCUT2D eigenvalue weighted by Crippen LogP contribution is 2.38. The zero-order valence-corrected chi connectivity index (χ0v) is 19.3. The van der Waals surface area contributed by atoms with E-state index >= 15 is 0 Å². The molecule has 4 nitrogen and oxygen atoms in total. The van der Waals surface area contributed by atoms with Gasteiger partial charge in [0.2, 0.25) is 5.91 Å². The van der Waals surface area contributed by atoms with Crippen LogP contribution in [0.25, 0.3) is 27.7 Å². The SMILES string of the molecule is COc1cc2occ(-c3cccc(Br)c3)c2cc1/C(C)=C/C(=O)Nc1ccccc1Cl. The molecule has 1 heterocycles. The molecule has 0 saturated heterocycles. The van der Waals surface area contributed by atoms with Gasteiger partial charge in [0.25, 0.3) is 0 Å². The van der Waals surface area contributed by atoms with E-state index in [2.05, 4.69) is 21.2 Å². The third kappa shape index (κ3) is 4.53. The highest BCUT2D eigenvalue weighted by atomic mass is 79.9. The lowest BCUT2D eigenvalue weighted by molar-refractivity contribution is -0.111. The van der Waals surface area contributed by atoms with E-state index in [1.807, 2.05) is 55.5 Å². The second-order valence-electron chi connectivity index (χ2n) is 7.00. The number of fused-ring (bicyclic) bond motifs is 1. The standard InChI is InChI=1S/C25H19BrClNO3/c1-15(10-25(29)28-22-9-4-3-8-21(22)27)18-12-19-20(16-6-5-7-17(26)11-16)14-31-24(19)13-23(18)30-2/h3-14H,1-2H3,(H,28,29)/b15-10+. The molecule has 0 radical (unpaired) electrons. The number of methoxy groups -OCH3 is 1. The van der Waals surface area contributed by atoms with Crippen molar-refractivity contribution in [2.45, 2.75) is 6.92 Å². The van der Waals surface area contributed by atoms with E-state index in [9.17, 15) is 4.79 Å². The van der Waals surface area contributed by atoms with Crippen LogP contribution in [0.3, 0.4) is 0 Å². The third-order valence-corrected chi connectivity index (χ3v) is 5.76. The summed E-state index contributed by atoms with van der Waals surface area (Å²) < 4.78 is 12.3. The average molecular weight is 497 g/mol. The summed E-state index contributed by atoms with van der Waals surface area (Å²) in [6, 6.07) is 19.0. The first-order valence-corrected chi connectivity index (χ1v) is 10.7. The van der Waals surface area contributed by atoms with Crippen molar-refractivity contribution >= 4 is 55.7 Å². The van der Waals surface area contributed by atoms with Crippen LogP contribution in [-0.2, 0) is 4.79 Å². The van der Waals surface area contributed by atoms with Crippen LogP contribution < -0.4 is 10.1 Å². The van der Waals surface area contributed by atoms with Gasteiger partial charge in [-0.3, -0.25) is 4.79 Å². The van der Waals surface area contributed by atoms with E-state index in [0.29, 0.717) is 22.0 Å². The van der Waals surface area contributed by atoms with Crippen molar-refractivity contribution < 1.29 is 13.9 Å². The molecular formula is C25H19BrClNO3. The molecule has 0 aliphatic heterocycles. The average Bonchev–Trinajstić information content (AvgIpc) is 3.17. The number of nitrogens with one attached hydrogen (secondary N) is 1. The molecule has 0 aliphatic carbocycles. The Kier molecular flexibility index (Phi) is 6.16. The van der Waals surface area contributed by atoms with Gasteiger partial charge < -0.3 is 14.5 Å². The lowest BCUT2D eigenvalue weighted by atomic mass is 9.99. The van der Waals surface area contributed by atoms with Crippen LogP contribution in [-0.4, -0.2) is 13.0 Å². The smallest absolute Gasteiger partial charge is 0.248 e. The van der Waals surface area contributed by atoms with Crippen molar-refractivity contribution in [3.8, 4) is 16.9 Å². The molecule has 31 heavy (non-hydrogen) atoms. The topological polar surface area (TPSA) is 51.5 Å². The van der Waals surface area contributed by atoms with E-state index < -0.39 is 0 Å². The monoisotopic (exact) mass is 495 g/mol. The number of anilines is 1. The summed E-state index contributed by atoms with van der Waals surface area (Å²) in [7, 11) is 1.60. The fraction of sp³-hybridized carbons (Fsp3) is 0.0800. The summed E-state index contributed by atoms with van der Waals surface area (Å²) in [5.74, 6) is 0.356. The Balaban J connectivity index is 1.73. The number of hydrogen-bond acceptors (Lipinski definition) is 3. The number of para-hydroxylation sites is 1. The summed E-state index contributed by atoms with van der Waals surface area (Å²) in [6.45, 7) is 1.87. The zero-order valence-electron chi connectivity index (χ0n) is 16.9. The van der Waals surface area contributed by atoms with Gasteiger partial charge in [0.05, 0.1) is 24.1 Å². The Labute approximate surface area is 193 Å². The minimum atomic E-state index is -0.271. The first kappa shape index (κ1) is 21.2. The van der Waals surface area contributed by atoms with Crippen LogP contribution in [0.2, 0.25) is 5.02 Å². The Bertz CT molecular complexity index is 1310. The first-order chi connectivity index (χ1) is 15.0. The van der Waals surface area contributed by atoms with Crippen LogP contribution >= 0.6 is 27.5 Å². The summed E-state index contributed by atoms with van der Waals surface area (Å²) in [5, 5.41) is 4.23. The fourth-order valence-corrected chi connectivity index (χ4v) is 4.00. The van der Waals surface area contributed by atoms with Gasteiger partial charge in [-0.25, -0.2) is 0 Å². The zero-order chi connectivity index (χ0) is 22.0. The summed E-state index contributed by atoms with van der Waals surface area (Å²) >= 11 is 9.66. The quantitative estimate of drug-likeness (QED) is 0.290. The normalized spacial score (nSPS) is 11.5. The number of halogens is 2. The molecular weight excluding hydrogens is 478 g/mol. The van der Waals surface area contributed by atoms with E-state index in [-0.39, 0.29) is 5.91 Å². The molecule has 4 rings (SSSR count). The predicted molar refractivity (Wildman–Crippen MR) is 130 cm³/mol. The van der Waals surface area contributed by atoms with Crippen LogP contribution in [0, 0.1) is 0 Å². The van der Waals surface area contributed by atoms with Crippen LogP contribution in [0.5, 0.6) is 5.75 Å². The number of rotatable bonds is 5. The molecule has 1 aromatic heterocycles. The van der Waals surface area contributed by atoms with Gasteiger partial charge in [0, 0.05) is 33.1 Å². The van der Waals surface area contributed by atoms with E-state index in [4.69, 9.17) is 20.8 Å². The third-order valence-electron chi connectivity index (χ3n) is 4.94.